The van der Waals surface area contributed by atoms with Gasteiger partial charge in [0.05, 0.1) is 36.9 Å². The molecule has 0 aliphatic rings. The summed E-state index contributed by atoms with van der Waals surface area (Å²) in [6.07, 6.45) is 0. The lowest BCUT2D eigenvalue weighted by Gasteiger charge is -2.11. The number of esters is 2. The molecule has 0 radical (unpaired) electrons. The van der Waals surface area contributed by atoms with Crippen LogP contribution in [-0.4, -0.2) is 41.1 Å². The van der Waals surface area contributed by atoms with Gasteiger partial charge in [0.25, 0.3) is 0 Å². The van der Waals surface area contributed by atoms with Crippen molar-refractivity contribution in [1.82, 2.24) is 9.78 Å². The summed E-state index contributed by atoms with van der Waals surface area (Å²) < 4.78 is 11.5. The Morgan fingerprint density at radius 2 is 1.78 bits per heavy atom. The first-order valence-corrected chi connectivity index (χ1v) is 9.39. The second kappa shape index (κ2) is 8.49. The fourth-order valence-electron chi connectivity index (χ4n) is 2.67. The van der Waals surface area contributed by atoms with E-state index in [2.05, 4.69) is 15.7 Å². The highest BCUT2D eigenvalue weighted by molar-refractivity contribution is 7.80. The molecule has 0 aliphatic carbocycles. The number of nitrogens with zero attached hydrogens (tertiary/aromatic N) is 2. The molecule has 0 unspecified atom stereocenters. The van der Waals surface area contributed by atoms with Crippen molar-refractivity contribution >= 4 is 51.3 Å². The number of thiophene rings is 1. The Balaban J connectivity index is 2.33. The Morgan fingerprint density at radius 3 is 2.30 bits per heavy atom. The van der Waals surface area contributed by atoms with E-state index >= 15 is 0 Å². The highest BCUT2D eigenvalue weighted by Crippen LogP contribution is 2.34. The van der Waals surface area contributed by atoms with Crippen LogP contribution in [0.1, 0.15) is 43.9 Å². The molecular weight excluding hydrogens is 388 g/mol. The molecule has 27 heavy (non-hydrogen) atoms. The van der Waals surface area contributed by atoms with Gasteiger partial charge in [-0.25, -0.2) is 9.59 Å². The second-order valence-corrected chi connectivity index (χ2v) is 7.11. The number of hydrogen-bond donors (Lipinski definition) is 2. The zero-order chi connectivity index (χ0) is 20.3. The molecule has 0 aromatic carbocycles. The van der Waals surface area contributed by atoms with Crippen LogP contribution >= 0.6 is 23.6 Å². The summed E-state index contributed by atoms with van der Waals surface area (Å²) in [6.45, 7) is 8.24. The Kier molecular flexibility index (Phi) is 6.55. The van der Waals surface area contributed by atoms with Crippen LogP contribution in [0.3, 0.4) is 0 Å². The largest absolute Gasteiger partial charge is 0.465 e. The van der Waals surface area contributed by atoms with Crippen molar-refractivity contribution in [3.05, 3.63) is 27.4 Å². The molecular formula is C17H22N4O4S2. The summed E-state index contributed by atoms with van der Waals surface area (Å²) in [4.78, 5) is 24.5. The Morgan fingerprint density at radius 1 is 1.15 bits per heavy atom. The van der Waals surface area contributed by atoms with Gasteiger partial charge in [-0.3, -0.25) is 4.68 Å². The van der Waals surface area contributed by atoms with Crippen molar-refractivity contribution in [1.29, 1.82) is 0 Å². The van der Waals surface area contributed by atoms with E-state index in [0.29, 0.717) is 15.4 Å². The highest BCUT2D eigenvalue weighted by atomic mass is 32.1. The van der Waals surface area contributed by atoms with E-state index in [9.17, 15) is 9.59 Å². The molecule has 0 aliphatic heterocycles. The van der Waals surface area contributed by atoms with Crippen LogP contribution in [0.25, 0.3) is 0 Å². The maximum Gasteiger partial charge on any atom is 0.348 e. The second-order valence-electron chi connectivity index (χ2n) is 5.68. The van der Waals surface area contributed by atoms with Gasteiger partial charge in [-0.05, 0) is 45.5 Å². The van der Waals surface area contributed by atoms with Crippen molar-refractivity contribution in [2.75, 3.05) is 24.9 Å². The molecule has 0 fully saturated rings. The summed E-state index contributed by atoms with van der Waals surface area (Å²) in [6, 6.07) is 0. The minimum Gasteiger partial charge on any atom is -0.465 e. The van der Waals surface area contributed by atoms with Crippen LogP contribution in [0.4, 0.5) is 10.7 Å². The van der Waals surface area contributed by atoms with Gasteiger partial charge in [0.15, 0.2) is 5.11 Å². The molecule has 2 aromatic rings. The molecule has 2 N–H and O–H groups in total. The molecule has 0 spiro atoms. The van der Waals surface area contributed by atoms with Crippen LogP contribution in [0.5, 0.6) is 0 Å². The third-order valence-electron chi connectivity index (χ3n) is 4.05. The lowest BCUT2D eigenvalue weighted by atomic mass is 10.1. The number of anilines is 2. The van der Waals surface area contributed by atoms with Crippen LogP contribution in [0.15, 0.2) is 0 Å². The molecule has 10 heteroatoms. The predicted molar refractivity (Wildman–Crippen MR) is 109 cm³/mol. The van der Waals surface area contributed by atoms with Crippen LogP contribution < -0.4 is 10.6 Å². The third-order valence-corrected chi connectivity index (χ3v) is 5.45. The number of nitrogens with one attached hydrogen (secondary N) is 2. The van der Waals surface area contributed by atoms with E-state index in [4.69, 9.17) is 21.7 Å². The van der Waals surface area contributed by atoms with Gasteiger partial charge in [0.2, 0.25) is 0 Å². The van der Waals surface area contributed by atoms with E-state index in [0.717, 1.165) is 35.0 Å². The number of hydrogen-bond acceptors (Lipinski definition) is 7. The Labute approximate surface area is 166 Å². The minimum atomic E-state index is -0.560. The van der Waals surface area contributed by atoms with Crippen molar-refractivity contribution in [2.24, 2.45) is 0 Å². The molecule has 146 valence electrons. The number of thiocarbonyl (C=S) groups is 1. The molecule has 0 saturated carbocycles. The average molecular weight is 411 g/mol. The summed E-state index contributed by atoms with van der Waals surface area (Å²) in [5, 5.41) is 11.2. The van der Waals surface area contributed by atoms with Gasteiger partial charge in [0, 0.05) is 6.54 Å². The number of carbonyl (C=O) groups is 2. The summed E-state index contributed by atoms with van der Waals surface area (Å²) in [5.41, 5.74) is 3.30. The van der Waals surface area contributed by atoms with Crippen molar-refractivity contribution in [2.45, 2.75) is 34.2 Å². The smallest absolute Gasteiger partial charge is 0.348 e. The molecule has 2 rings (SSSR count). The fourth-order valence-corrected chi connectivity index (χ4v) is 4.06. The molecule has 8 nitrogen and oxygen atoms in total. The molecule has 0 bridgehead atoms. The summed E-state index contributed by atoms with van der Waals surface area (Å²) in [5.74, 6) is -1.08. The van der Waals surface area contributed by atoms with Crippen LogP contribution in [-0.2, 0) is 16.0 Å². The number of methoxy groups -OCH3 is 2. The summed E-state index contributed by atoms with van der Waals surface area (Å²) >= 11 is 6.48. The Hall–Kier alpha value is -2.46. The van der Waals surface area contributed by atoms with E-state index in [1.54, 1.807) is 6.92 Å². The number of aromatic nitrogens is 2. The number of aryl methyl sites for hydroxylation is 2. The quantitative estimate of drug-likeness (QED) is 0.573. The molecule has 2 aromatic heterocycles. The van der Waals surface area contributed by atoms with Gasteiger partial charge < -0.3 is 20.1 Å². The maximum atomic E-state index is 12.2. The molecule has 0 atom stereocenters. The van der Waals surface area contributed by atoms with E-state index < -0.39 is 11.9 Å². The van der Waals surface area contributed by atoms with E-state index in [1.807, 2.05) is 25.5 Å². The van der Waals surface area contributed by atoms with E-state index in [1.165, 1.54) is 14.2 Å². The predicted octanol–water partition coefficient (Wildman–Crippen LogP) is 3.27. The first-order valence-electron chi connectivity index (χ1n) is 8.17. The Bertz CT molecular complexity index is 901. The molecule has 2 heterocycles. The molecule has 0 amide bonds. The van der Waals surface area contributed by atoms with Crippen LogP contribution in [0.2, 0.25) is 0 Å². The highest BCUT2D eigenvalue weighted by Gasteiger charge is 2.26. The zero-order valence-electron chi connectivity index (χ0n) is 16.1. The van der Waals surface area contributed by atoms with E-state index in [-0.39, 0.29) is 10.7 Å². The lowest BCUT2D eigenvalue weighted by molar-refractivity contribution is 0.0601. The monoisotopic (exact) mass is 410 g/mol. The fraction of sp³-hybridized carbons (Fsp3) is 0.412. The lowest BCUT2D eigenvalue weighted by Crippen LogP contribution is -2.21. The average Bonchev–Trinajstić information content (AvgIpc) is 3.11. The van der Waals surface area contributed by atoms with Crippen LogP contribution in [0, 0.1) is 20.8 Å². The first-order chi connectivity index (χ1) is 12.7. The van der Waals surface area contributed by atoms with Gasteiger partial charge in [-0.2, -0.15) is 5.10 Å². The zero-order valence-corrected chi connectivity index (χ0v) is 17.7. The topological polar surface area (TPSA) is 94.5 Å². The number of ether oxygens (including phenoxy) is 2. The minimum absolute atomic E-state index is 0.254. The normalized spacial score (nSPS) is 10.4. The van der Waals surface area contributed by atoms with Gasteiger partial charge in [0.1, 0.15) is 9.88 Å². The SMILES string of the molecule is CCn1nc(C)c(NC(=S)Nc2sc(C(=O)OC)c(C)c2C(=O)OC)c1C. The summed E-state index contributed by atoms with van der Waals surface area (Å²) in [7, 11) is 2.57. The van der Waals surface area contributed by atoms with Gasteiger partial charge >= 0.3 is 11.9 Å². The van der Waals surface area contributed by atoms with Crippen molar-refractivity contribution in [3.8, 4) is 0 Å². The maximum absolute atomic E-state index is 12.2. The molecule has 0 saturated heterocycles. The number of rotatable bonds is 5. The third kappa shape index (κ3) is 4.11. The van der Waals surface area contributed by atoms with Gasteiger partial charge in [-0.1, -0.05) is 0 Å². The number of carbonyl (C=O) groups excluding carboxylic acids is 2. The standard InChI is InChI=1S/C17H22N4O4S2/c1-7-21-10(4)12(9(3)20-21)18-17(26)19-14-11(15(22)24-5)8(2)13(27-14)16(23)25-6/h7H2,1-6H3,(H2,18,19,26). The van der Waals surface area contributed by atoms with Gasteiger partial charge in [-0.15, -0.1) is 11.3 Å². The first kappa shape index (κ1) is 20.8. The van der Waals surface area contributed by atoms with Crippen molar-refractivity contribution in [3.63, 3.8) is 0 Å². The van der Waals surface area contributed by atoms with Crippen molar-refractivity contribution < 1.29 is 19.1 Å².